The number of benzene rings is 6. The van der Waals surface area contributed by atoms with E-state index in [9.17, 15) is 0 Å². The molecular weight excluding hydrogens is 594 g/mol. The molecule has 0 spiro atoms. The van der Waals surface area contributed by atoms with Gasteiger partial charge in [-0.3, -0.25) is 0 Å². The first-order chi connectivity index (χ1) is 23.7. The molecule has 222 valence electrons. The van der Waals surface area contributed by atoms with E-state index < -0.39 is 0 Å². The Morgan fingerprint density at radius 1 is 0.250 bits per heavy atom. The summed E-state index contributed by atoms with van der Waals surface area (Å²) < 4.78 is 0. The lowest BCUT2D eigenvalue weighted by molar-refractivity contribution is 0.997. The number of hydrogen-bond donors (Lipinski definition) is 0. The minimum absolute atomic E-state index is 0.271. The normalized spacial score (nSPS) is 11.8. The third kappa shape index (κ3) is 4.22. The molecule has 0 unspecified atom stereocenters. The van der Waals surface area contributed by atoms with Gasteiger partial charge in [-0.15, -0.1) is 0 Å². The topological polar surface area (TPSA) is 116 Å². The smallest absolute Gasteiger partial charge is 0.202 e. The van der Waals surface area contributed by atoms with Crippen molar-refractivity contribution >= 4 is 65.0 Å². The number of nitrogens with zero attached hydrogens (tertiary/aromatic N) is 9. The Balaban J connectivity index is 1.22. The average molecular weight is 616 g/mol. The predicted octanol–water partition coefficient (Wildman–Crippen LogP) is 8.16. The molecule has 0 atom stereocenters. The summed E-state index contributed by atoms with van der Waals surface area (Å²) in [4.78, 5) is 43.6. The molecule has 0 radical (unpaired) electrons. The van der Waals surface area contributed by atoms with Gasteiger partial charge < -0.3 is 0 Å². The summed E-state index contributed by atoms with van der Waals surface area (Å²) in [7, 11) is 0. The minimum atomic E-state index is 0.271. The number of fused-ring (bicyclic) bond motifs is 9. The van der Waals surface area contributed by atoms with Gasteiger partial charge in [-0.05, 0) is 16.2 Å². The molecule has 0 saturated carbocycles. The number of hydrogen-bond acceptors (Lipinski definition) is 9. The van der Waals surface area contributed by atoms with Gasteiger partial charge in [-0.25, -0.2) is 44.9 Å². The highest BCUT2D eigenvalue weighted by molar-refractivity contribution is 6.07. The molecule has 9 nitrogen and oxygen atoms in total. The lowest BCUT2D eigenvalue weighted by atomic mass is 10.1. The molecule has 0 saturated heterocycles. The largest absolute Gasteiger partial charge is 0.233 e. The lowest BCUT2D eigenvalue weighted by Gasteiger charge is -2.09. The molecule has 0 aliphatic heterocycles. The van der Waals surface area contributed by atoms with E-state index in [0.717, 1.165) is 65.0 Å². The van der Waals surface area contributed by atoms with E-state index in [4.69, 9.17) is 29.9 Å². The Bertz CT molecular complexity index is 2600. The highest BCUT2D eigenvalue weighted by Gasteiger charge is 2.19. The molecule has 48 heavy (non-hydrogen) atoms. The van der Waals surface area contributed by atoms with E-state index in [0.29, 0.717) is 17.5 Å². The van der Waals surface area contributed by atoms with Crippen molar-refractivity contribution in [3.8, 4) is 34.9 Å². The van der Waals surface area contributed by atoms with Gasteiger partial charge in [0.2, 0.25) is 17.5 Å². The Morgan fingerprint density at radius 3 is 0.875 bits per heavy atom. The fraction of sp³-hybridized carbons (Fsp3) is 0. The standard InChI is InChI=1S/C39H21N9/c1-4-10-28-22(7-1)13-16-25-19-40-34(43-31(25)28)37-46-38(35-41-20-26-17-14-23-8-2-5-11-29(23)32(26)44-35)48-39(47-37)36-42-21-27-18-15-24-9-3-6-12-30(24)33(27)45-36/h1-21H. The summed E-state index contributed by atoms with van der Waals surface area (Å²) in [6.07, 6.45) is 5.39. The number of aromatic nitrogens is 9. The number of rotatable bonds is 3. The van der Waals surface area contributed by atoms with Gasteiger partial charge in [0, 0.05) is 50.9 Å². The fourth-order valence-corrected chi connectivity index (χ4v) is 6.30. The molecule has 0 bridgehead atoms. The molecule has 0 aliphatic carbocycles. The highest BCUT2D eigenvalue weighted by Crippen LogP contribution is 2.29. The van der Waals surface area contributed by atoms with E-state index >= 15 is 0 Å². The summed E-state index contributed by atoms with van der Waals surface area (Å²) in [5, 5.41) is 9.05. The second-order valence-corrected chi connectivity index (χ2v) is 11.6. The van der Waals surface area contributed by atoms with Crippen molar-refractivity contribution in [2.45, 2.75) is 0 Å². The van der Waals surface area contributed by atoms with Crippen molar-refractivity contribution in [1.82, 2.24) is 44.9 Å². The van der Waals surface area contributed by atoms with Crippen LogP contribution in [-0.4, -0.2) is 44.9 Å². The van der Waals surface area contributed by atoms with Crippen LogP contribution >= 0.6 is 0 Å². The summed E-state index contributed by atoms with van der Waals surface area (Å²) in [5.41, 5.74) is 2.43. The summed E-state index contributed by atoms with van der Waals surface area (Å²) in [6.45, 7) is 0. The van der Waals surface area contributed by atoms with Crippen LogP contribution in [0.25, 0.3) is 100.0 Å². The molecule has 0 amide bonds. The van der Waals surface area contributed by atoms with Crippen molar-refractivity contribution in [2.24, 2.45) is 0 Å². The van der Waals surface area contributed by atoms with Gasteiger partial charge >= 0.3 is 0 Å². The Hall–Kier alpha value is -6.87. The van der Waals surface area contributed by atoms with Crippen molar-refractivity contribution < 1.29 is 0 Å². The second-order valence-electron chi connectivity index (χ2n) is 11.6. The third-order valence-corrected chi connectivity index (χ3v) is 8.66. The molecule has 0 N–H and O–H groups in total. The van der Waals surface area contributed by atoms with Gasteiger partial charge in [-0.2, -0.15) is 0 Å². The van der Waals surface area contributed by atoms with Crippen LogP contribution in [0.3, 0.4) is 0 Å². The van der Waals surface area contributed by atoms with Gasteiger partial charge in [-0.1, -0.05) is 109 Å². The molecule has 0 fully saturated rings. The molecule has 6 aromatic carbocycles. The molecule has 4 heterocycles. The first-order valence-corrected chi connectivity index (χ1v) is 15.5. The zero-order chi connectivity index (χ0) is 31.6. The van der Waals surface area contributed by atoms with Gasteiger partial charge in [0.15, 0.2) is 17.5 Å². The van der Waals surface area contributed by atoms with Gasteiger partial charge in [0.25, 0.3) is 0 Å². The molecule has 0 aliphatic rings. The first kappa shape index (κ1) is 26.4. The molecule has 10 rings (SSSR count). The molecule has 10 aromatic rings. The Kier molecular flexibility index (Phi) is 5.67. The zero-order valence-electron chi connectivity index (χ0n) is 25.1. The fourth-order valence-electron chi connectivity index (χ4n) is 6.30. The monoisotopic (exact) mass is 615 g/mol. The molecular formula is C39H21N9. The van der Waals surface area contributed by atoms with Crippen LogP contribution in [0.15, 0.2) is 128 Å². The van der Waals surface area contributed by atoms with Crippen LogP contribution < -0.4 is 0 Å². The van der Waals surface area contributed by atoms with Crippen LogP contribution in [-0.2, 0) is 0 Å². The summed E-state index contributed by atoms with van der Waals surface area (Å²) in [6, 6.07) is 36.7. The maximum atomic E-state index is 4.98. The molecule has 4 aromatic heterocycles. The van der Waals surface area contributed by atoms with Gasteiger partial charge in [0.05, 0.1) is 16.6 Å². The lowest BCUT2D eigenvalue weighted by Crippen LogP contribution is -2.06. The average Bonchev–Trinajstić information content (AvgIpc) is 3.17. The van der Waals surface area contributed by atoms with Crippen molar-refractivity contribution in [3.63, 3.8) is 0 Å². The van der Waals surface area contributed by atoms with Crippen LogP contribution in [0.4, 0.5) is 0 Å². The Labute approximate surface area is 272 Å². The van der Waals surface area contributed by atoms with Crippen LogP contribution in [0.1, 0.15) is 0 Å². The zero-order valence-corrected chi connectivity index (χ0v) is 25.1. The van der Waals surface area contributed by atoms with E-state index in [-0.39, 0.29) is 17.5 Å². The van der Waals surface area contributed by atoms with Crippen molar-refractivity contribution in [2.75, 3.05) is 0 Å². The van der Waals surface area contributed by atoms with E-state index in [1.807, 2.05) is 54.6 Å². The summed E-state index contributed by atoms with van der Waals surface area (Å²) >= 11 is 0. The van der Waals surface area contributed by atoms with E-state index in [1.54, 1.807) is 18.6 Å². The third-order valence-electron chi connectivity index (χ3n) is 8.66. The van der Waals surface area contributed by atoms with Crippen LogP contribution in [0, 0.1) is 0 Å². The van der Waals surface area contributed by atoms with Crippen molar-refractivity contribution in [1.29, 1.82) is 0 Å². The first-order valence-electron chi connectivity index (χ1n) is 15.5. The summed E-state index contributed by atoms with van der Waals surface area (Å²) in [5.74, 6) is 1.86. The minimum Gasteiger partial charge on any atom is -0.233 e. The maximum absolute atomic E-state index is 4.98. The quantitative estimate of drug-likeness (QED) is 0.181. The second kappa shape index (κ2) is 10.3. The van der Waals surface area contributed by atoms with E-state index in [2.05, 4.69) is 69.5 Å². The van der Waals surface area contributed by atoms with E-state index in [1.165, 1.54) is 0 Å². The Morgan fingerprint density at radius 2 is 0.542 bits per heavy atom. The van der Waals surface area contributed by atoms with Crippen LogP contribution in [0.2, 0.25) is 0 Å². The van der Waals surface area contributed by atoms with Crippen molar-refractivity contribution in [3.05, 3.63) is 128 Å². The van der Waals surface area contributed by atoms with Crippen LogP contribution in [0.5, 0.6) is 0 Å². The van der Waals surface area contributed by atoms with Gasteiger partial charge in [0.1, 0.15) is 0 Å². The molecule has 9 heteroatoms. The highest BCUT2D eigenvalue weighted by atomic mass is 15.1. The predicted molar refractivity (Wildman–Crippen MR) is 188 cm³/mol. The SMILES string of the molecule is c1ccc2c(c1)ccc1cnc(-c3nc(-c4ncc5ccc6ccccc6c5n4)nc(-c4ncc5ccc6ccccc6c5n4)n3)nc12. The maximum Gasteiger partial charge on any atom is 0.202 e.